The Labute approximate surface area is 118 Å². The van der Waals surface area contributed by atoms with Crippen molar-refractivity contribution in [1.82, 2.24) is 4.90 Å². The Morgan fingerprint density at radius 1 is 1.40 bits per heavy atom. The number of nitrogens with zero attached hydrogens (tertiary/aromatic N) is 1. The molecule has 0 saturated heterocycles. The average Bonchev–Trinajstić information content (AvgIpc) is 2.34. The fraction of sp³-hybridized carbons (Fsp3) is 0.500. The lowest BCUT2D eigenvalue weighted by Crippen LogP contribution is -2.43. The molecule has 6 heteroatoms. The topological polar surface area (TPSA) is 61.8 Å². The van der Waals surface area contributed by atoms with Crippen LogP contribution in [0, 0.1) is 5.82 Å². The number of amides is 2. The van der Waals surface area contributed by atoms with Crippen LogP contribution >= 0.6 is 0 Å². The molecule has 1 aromatic carbocycles. The Morgan fingerprint density at radius 2 is 2.05 bits per heavy atom. The van der Waals surface area contributed by atoms with Crippen molar-refractivity contribution in [2.24, 2.45) is 0 Å². The Hall–Kier alpha value is -1.82. The van der Waals surface area contributed by atoms with E-state index in [1.807, 2.05) is 13.8 Å². The van der Waals surface area contributed by atoms with Gasteiger partial charge in [0.2, 0.25) is 0 Å². The maximum Gasteiger partial charge on any atom is 0.322 e. The first-order valence-corrected chi connectivity index (χ1v) is 6.43. The number of ether oxygens (including phenoxy) is 1. The summed E-state index contributed by atoms with van der Waals surface area (Å²) in [6.07, 6.45) is -0.634. The Balaban J connectivity index is 2.84. The smallest absolute Gasteiger partial charge is 0.322 e. The minimum absolute atomic E-state index is 0.0833. The minimum atomic E-state index is -0.634. The van der Waals surface area contributed by atoms with Crippen molar-refractivity contribution in [2.75, 3.05) is 19.0 Å². The molecule has 0 bridgehead atoms. The lowest BCUT2D eigenvalue weighted by molar-refractivity contribution is 0.125. The van der Waals surface area contributed by atoms with Crippen molar-refractivity contribution < 1.29 is 19.0 Å². The predicted octanol–water partition coefficient (Wildman–Crippen LogP) is 2.46. The maximum absolute atomic E-state index is 13.3. The number of methoxy groups -OCH3 is 1. The van der Waals surface area contributed by atoms with Gasteiger partial charge < -0.3 is 20.1 Å². The van der Waals surface area contributed by atoms with Crippen LogP contribution < -0.4 is 10.1 Å². The third kappa shape index (κ3) is 4.70. The molecule has 0 spiro atoms. The highest BCUT2D eigenvalue weighted by Crippen LogP contribution is 2.20. The van der Waals surface area contributed by atoms with Gasteiger partial charge in [0.1, 0.15) is 11.6 Å². The van der Waals surface area contributed by atoms with E-state index in [2.05, 4.69) is 5.32 Å². The number of carbonyl (C=O) groups excluding carboxylic acids is 1. The molecular weight excluding hydrogens is 263 g/mol. The number of aliphatic hydroxyl groups is 1. The molecule has 0 heterocycles. The van der Waals surface area contributed by atoms with Gasteiger partial charge in [-0.15, -0.1) is 0 Å². The number of benzene rings is 1. The van der Waals surface area contributed by atoms with Gasteiger partial charge in [0, 0.05) is 30.4 Å². The summed E-state index contributed by atoms with van der Waals surface area (Å²) in [5.74, 6) is -0.168. The van der Waals surface area contributed by atoms with Crippen LogP contribution in [0.15, 0.2) is 18.2 Å². The number of hydrogen-bond donors (Lipinski definition) is 2. The molecule has 0 aliphatic carbocycles. The third-order valence-electron chi connectivity index (χ3n) is 2.70. The number of aliphatic hydroxyl groups excluding tert-OH is 1. The van der Waals surface area contributed by atoms with Crippen LogP contribution in [0.4, 0.5) is 14.9 Å². The number of anilines is 1. The maximum atomic E-state index is 13.3. The van der Waals surface area contributed by atoms with Gasteiger partial charge in [-0.3, -0.25) is 0 Å². The fourth-order valence-electron chi connectivity index (χ4n) is 1.76. The summed E-state index contributed by atoms with van der Waals surface area (Å²) >= 11 is 0. The van der Waals surface area contributed by atoms with Crippen molar-refractivity contribution in [3.05, 3.63) is 24.0 Å². The Morgan fingerprint density at radius 3 is 2.55 bits per heavy atom. The van der Waals surface area contributed by atoms with Gasteiger partial charge in [-0.05, 0) is 26.8 Å². The zero-order valence-electron chi connectivity index (χ0n) is 12.2. The van der Waals surface area contributed by atoms with Crippen molar-refractivity contribution in [2.45, 2.75) is 32.9 Å². The Bertz CT molecular complexity index is 464. The molecule has 1 aromatic rings. The number of rotatable bonds is 5. The van der Waals surface area contributed by atoms with Gasteiger partial charge in [0.25, 0.3) is 0 Å². The van der Waals surface area contributed by atoms with Crippen LogP contribution in [0.2, 0.25) is 0 Å². The molecule has 0 aromatic heterocycles. The first kappa shape index (κ1) is 16.2. The molecule has 2 N–H and O–H groups in total. The summed E-state index contributed by atoms with van der Waals surface area (Å²) in [4.78, 5) is 13.6. The van der Waals surface area contributed by atoms with Gasteiger partial charge in [0.05, 0.1) is 13.2 Å². The molecule has 20 heavy (non-hydrogen) atoms. The van der Waals surface area contributed by atoms with Crippen LogP contribution in [0.5, 0.6) is 5.75 Å². The molecule has 1 rings (SSSR count). The molecule has 1 unspecified atom stereocenters. The first-order chi connectivity index (χ1) is 9.33. The number of nitrogens with one attached hydrogen (secondary N) is 1. The van der Waals surface area contributed by atoms with Gasteiger partial charge in [-0.25, -0.2) is 9.18 Å². The number of carbonyl (C=O) groups is 1. The zero-order valence-corrected chi connectivity index (χ0v) is 12.2. The van der Waals surface area contributed by atoms with Crippen LogP contribution in [-0.2, 0) is 0 Å². The quantitative estimate of drug-likeness (QED) is 0.873. The summed E-state index contributed by atoms with van der Waals surface area (Å²) in [5, 5.41) is 12.0. The second-order valence-corrected chi connectivity index (χ2v) is 4.91. The lowest BCUT2D eigenvalue weighted by atomic mass is 10.2. The molecule has 112 valence electrons. The predicted molar refractivity (Wildman–Crippen MR) is 75.5 cm³/mol. The van der Waals surface area contributed by atoms with Crippen molar-refractivity contribution in [3.63, 3.8) is 0 Å². The largest absolute Gasteiger partial charge is 0.497 e. The van der Waals surface area contributed by atoms with Gasteiger partial charge in [-0.1, -0.05) is 0 Å². The number of halogens is 1. The summed E-state index contributed by atoms with van der Waals surface area (Å²) < 4.78 is 18.3. The lowest BCUT2D eigenvalue weighted by Gasteiger charge is -2.28. The van der Waals surface area contributed by atoms with Crippen molar-refractivity contribution in [3.8, 4) is 5.75 Å². The monoisotopic (exact) mass is 284 g/mol. The molecular formula is C14H21FN2O3. The van der Waals surface area contributed by atoms with E-state index in [0.29, 0.717) is 11.4 Å². The molecule has 0 aliphatic rings. The summed E-state index contributed by atoms with van der Waals surface area (Å²) in [7, 11) is 1.42. The normalized spacial score (nSPS) is 12.2. The van der Waals surface area contributed by atoms with E-state index in [9.17, 15) is 14.3 Å². The number of urea groups is 1. The molecule has 0 saturated carbocycles. The van der Waals surface area contributed by atoms with E-state index in [1.165, 1.54) is 30.2 Å². The van der Waals surface area contributed by atoms with E-state index in [-0.39, 0.29) is 12.6 Å². The zero-order chi connectivity index (χ0) is 15.3. The second-order valence-electron chi connectivity index (χ2n) is 4.91. The molecule has 5 nitrogen and oxygen atoms in total. The molecule has 0 fully saturated rings. The van der Waals surface area contributed by atoms with E-state index >= 15 is 0 Å². The SMILES string of the molecule is COc1cc(F)cc(NC(=O)N(CC(C)O)C(C)C)c1. The first-order valence-electron chi connectivity index (χ1n) is 6.43. The van der Waals surface area contributed by atoms with Gasteiger partial charge >= 0.3 is 6.03 Å². The van der Waals surface area contributed by atoms with E-state index in [0.717, 1.165) is 0 Å². The highest BCUT2D eigenvalue weighted by atomic mass is 19.1. The van der Waals surface area contributed by atoms with Crippen molar-refractivity contribution in [1.29, 1.82) is 0 Å². The third-order valence-corrected chi connectivity index (χ3v) is 2.70. The summed E-state index contributed by atoms with van der Waals surface area (Å²) in [6, 6.07) is 3.49. The Kier molecular flexibility index (Phi) is 5.76. The van der Waals surface area contributed by atoms with Crippen molar-refractivity contribution >= 4 is 11.7 Å². The second kappa shape index (κ2) is 7.09. The summed E-state index contributed by atoms with van der Waals surface area (Å²) in [6.45, 7) is 5.49. The van der Waals surface area contributed by atoms with Crippen LogP contribution in [0.1, 0.15) is 20.8 Å². The highest BCUT2D eigenvalue weighted by Gasteiger charge is 2.19. The summed E-state index contributed by atoms with van der Waals surface area (Å²) in [5.41, 5.74) is 0.308. The fourth-order valence-corrected chi connectivity index (χ4v) is 1.76. The van der Waals surface area contributed by atoms with E-state index in [1.54, 1.807) is 6.92 Å². The van der Waals surface area contributed by atoms with Crippen LogP contribution in [-0.4, -0.2) is 41.8 Å². The molecule has 0 aliphatic heterocycles. The van der Waals surface area contributed by atoms with E-state index in [4.69, 9.17) is 4.74 Å². The van der Waals surface area contributed by atoms with Crippen LogP contribution in [0.25, 0.3) is 0 Å². The highest BCUT2D eigenvalue weighted by molar-refractivity contribution is 5.89. The average molecular weight is 284 g/mol. The molecule has 0 radical (unpaired) electrons. The standard InChI is InChI=1S/C14H21FN2O3/c1-9(2)17(8-10(3)18)14(19)16-12-5-11(15)6-13(7-12)20-4/h5-7,9-10,18H,8H2,1-4H3,(H,16,19). The van der Waals surface area contributed by atoms with E-state index < -0.39 is 18.0 Å². The van der Waals surface area contributed by atoms with Gasteiger partial charge in [-0.2, -0.15) is 0 Å². The number of hydrogen-bond acceptors (Lipinski definition) is 3. The molecule has 2 amide bonds. The minimum Gasteiger partial charge on any atom is -0.497 e. The van der Waals surface area contributed by atoms with Crippen LogP contribution in [0.3, 0.4) is 0 Å². The van der Waals surface area contributed by atoms with Gasteiger partial charge in [0.15, 0.2) is 0 Å². The molecule has 1 atom stereocenters.